The number of carbonyl (C=O) groups is 1. The Morgan fingerprint density at radius 3 is 2.51 bits per heavy atom. The molecule has 2 fully saturated rings. The fourth-order valence-electron chi connectivity index (χ4n) is 6.12. The lowest BCUT2D eigenvalue weighted by Gasteiger charge is -2.47. The number of aryl methyl sites for hydroxylation is 1. The molecule has 0 radical (unpaired) electrons. The minimum Gasteiger partial charge on any atom is -0.448 e. The van der Waals surface area contributed by atoms with E-state index in [4.69, 9.17) is 18.9 Å². The summed E-state index contributed by atoms with van der Waals surface area (Å²) in [6.45, 7) is 4.02. The van der Waals surface area contributed by atoms with E-state index >= 15 is 0 Å². The molecule has 41 heavy (non-hydrogen) atoms. The highest BCUT2D eigenvalue weighted by Crippen LogP contribution is 2.53. The first kappa shape index (κ1) is 29.7. The molecule has 1 aromatic heterocycles. The van der Waals surface area contributed by atoms with E-state index in [-0.39, 0.29) is 40.8 Å². The lowest BCUT2D eigenvalue weighted by molar-refractivity contribution is -0.131. The monoisotopic (exact) mass is 593 g/mol. The van der Waals surface area contributed by atoms with Crippen LogP contribution in [0.15, 0.2) is 21.8 Å². The van der Waals surface area contributed by atoms with Crippen LogP contribution in [0.3, 0.4) is 0 Å². The van der Waals surface area contributed by atoms with E-state index in [1.54, 1.807) is 21.0 Å². The molecule has 3 heterocycles. The molecule has 1 amide bonds. The third kappa shape index (κ3) is 5.91. The van der Waals surface area contributed by atoms with Crippen LogP contribution in [0.2, 0.25) is 0 Å². The van der Waals surface area contributed by atoms with Crippen molar-refractivity contribution in [3.8, 4) is 17.2 Å². The molecule has 5 rings (SSSR count). The summed E-state index contributed by atoms with van der Waals surface area (Å²) in [5, 5.41) is 2.76. The third-order valence-corrected chi connectivity index (χ3v) is 9.36. The molecule has 2 aromatic rings. The van der Waals surface area contributed by atoms with Crippen molar-refractivity contribution in [2.24, 2.45) is 5.92 Å². The normalized spacial score (nSPS) is 24.4. The fraction of sp³-hybridized carbons (Fsp3) is 0.586. The number of methoxy groups -OCH3 is 1. The topological polar surface area (TPSA) is 102 Å². The van der Waals surface area contributed by atoms with Crippen LogP contribution in [0.4, 0.5) is 8.78 Å². The average molecular weight is 594 g/mol. The lowest BCUT2D eigenvalue weighted by Crippen LogP contribution is -2.57. The Hall–Kier alpha value is -2.83. The number of hydrogen-bond donors (Lipinski definition) is 2. The maximum atomic E-state index is 13.4. The number of amides is 1. The number of ether oxygens (including phenoxy) is 4. The van der Waals surface area contributed by atoms with Gasteiger partial charge < -0.3 is 29.2 Å². The number of nitrogens with one attached hydrogen (secondary N) is 2. The molecule has 1 unspecified atom stereocenters. The lowest BCUT2D eigenvalue weighted by atomic mass is 9.80. The molecule has 12 heteroatoms. The second kappa shape index (κ2) is 11.8. The number of pyridine rings is 1. The van der Waals surface area contributed by atoms with Gasteiger partial charge in [-0.05, 0) is 57.9 Å². The minimum absolute atomic E-state index is 0.0277. The van der Waals surface area contributed by atoms with Gasteiger partial charge in [0.1, 0.15) is 0 Å². The number of aromatic nitrogens is 1. The molecule has 3 aliphatic rings. The van der Waals surface area contributed by atoms with Crippen molar-refractivity contribution in [3.63, 3.8) is 0 Å². The van der Waals surface area contributed by atoms with Gasteiger partial charge in [0.25, 0.3) is 17.3 Å². The van der Waals surface area contributed by atoms with Crippen molar-refractivity contribution in [2.75, 3.05) is 26.5 Å². The first-order valence-electron chi connectivity index (χ1n) is 13.8. The van der Waals surface area contributed by atoms with Gasteiger partial charge in [-0.2, -0.15) is 8.78 Å². The number of carbonyl (C=O) groups excluding carboxylic acids is 1. The van der Waals surface area contributed by atoms with Crippen LogP contribution in [-0.4, -0.2) is 66.8 Å². The molecular formula is C29H37F2N3O6S. The molecule has 1 aliphatic carbocycles. The standard InChI is InChI=1S/C29H37F2N3O6S/c1-15-10-23(41-5)21(27(36)33-15)12-32-26(35)20-11-22(38-28(30)31)25-24(16(20)2)39-29(3,40-25)17-6-8-18(9-7-17)34-13-19(14-34)37-4/h10-11,17-19,28H,6-9,12-14H2,1-5H3,(H,32,35)(H,33,36). The molecule has 2 aliphatic heterocycles. The predicted molar refractivity (Wildman–Crippen MR) is 150 cm³/mol. The van der Waals surface area contributed by atoms with Gasteiger partial charge in [0.05, 0.1) is 6.10 Å². The first-order valence-corrected chi connectivity index (χ1v) is 15.1. The summed E-state index contributed by atoms with van der Waals surface area (Å²) in [5.74, 6) is -1.55. The van der Waals surface area contributed by atoms with Crippen LogP contribution in [0.25, 0.3) is 0 Å². The van der Waals surface area contributed by atoms with Crippen LogP contribution >= 0.6 is 11.8 Å². The molecule has 9 nitrogen and oxygen atoms in total. The second-order valence-electron chi connectivity index (χ2n) is 11.1. The second-order valence-corrected chi connectivity index (χ2v) is 12.0. The van der Waals surface area contributed by atoms with Gasteiger partial charge in [-0.3, -0.25) is 14.5 Å². The summed E-state index contributed by atoms with van der Waals surface area (Å²) in [6.07, 6.45) is 5.80. The molecule has 1 saturated heterocycles. The SMILES string of the molecule is COC1CN(C2CCC(C3(C)Oc4c(OC(F)F)cc(C(=O)NCc5c(SC)cc(C)[nH]c5=O)c(C)c4O3)CC2)C1. The van der Waals surface area contributed by atoms with Gasteiger partial charge in [0.15, 0.2) is 11.5 Å². The van der Waals surface area contributed by atoms with Crippen LogP contribution in [0, 0.1) is 19.8 Å². The Morgan fingerprint density at radius 1 is 1.20 bits per heavy atom. The summed E-state index contributed by atoms with van der Waals surface area (Å²) in [6, 6.07) is 3.57. The largest absolute Gasteiger partial charge is 0.448 e. The van der Waals surface area contributed by atoms with E-state index in [9.17, 15) is 18.4 Å². The molecule has 1 aromatic carbocycles. The Bertz CT molecular complexity index is 1360. The van der Waals surface area contributed by atoms with E-state index in [1.807, 2.05) is 19.2 Å². The van der Waals surface area contributed by atoms with Crippen LogP contribution in [0.5, 0.6) is 17.2 Å². The Kier molecular flexibility index (Phi) is 8.54. The van der Waals surface area contributed by atoms with Gasteiger partial charge in [-0.1, -0.05) is 0 Å². The van der Waals surface area contributed by atoms with Gasteiger partial charge in [0.2, 0.25) is 5.75 Å². The molecule has 0 spiro atoms. The number of alkyl halides is 2. The minimum atomic E-state index is -3.12. The number of aromatic amines is 1. The number of likely N-dealkylation sites (tertiary alicyclic amines) is 1. The van der Waals surface area contributed by atoms with Gasteiger partial charge in [0, 0.05) is 72.9 Å². The van der Waals surface area contributed by atoms with Crippen molar-refractivity contribution >= 4 is 17.7 Å². The Balaban J connectivity index is 1.34. The molecule has 1 saturated carbocycles. The highest BCUT2D eigenvalue weighted by atomic mass is 32.2. The number of H-pyrrole nitrogens is 1. The van der Waals surface area contributed by atoms with Crippen LogP contribution in [-0.2, 0) is 11.3 Å². The maximum Gasteiger partial charge on any atom is 0.387 e. The quantitative estimate of drug-likeness (QED) is 0.406. The zero-order valence-electron chi connectivity index (χ0n) is 24.0. The van der Waals surface area contributed by atoms with Crippen molar-refractivity contribution in [1.82, 2.24) is 15.2 Å². The number of hydrogen-bond acceptors (Lipinski definition) is 8. The number of nitrogens with zero attached hydrogens (tertiary/aromatic N) is 1. The molecule has 224 valence electrons. The average Bonchev–Trinajstić information content (AvgIpc) is 3.28. The maximum absolute atomic E-state index is 13.4. The van der Waals surface area contributed by atoms with Crippen LogP contribution < -0.4 is 25.1 Å². The van der Waals surface area contributed by atoms with Crippen molar-refractivity contribution in [3.05, 3.63) is 44.9 Å². The van der Waals surface area contributed by atoms with Crippen molar-refractivity contribution < 1.29 is 32.5 Å². The molecule has 0 bridgehead atoms. The van der Waals surface area contributed by atoms with E-state index < -0.39 is 18.3 Å². The molecule has 2 N–H and O–H groups in total. The third-order valence-electron chi connectivity index (χ3n) is 8.56. The molecule has 1 atom stereocenters. The summed E-state index contributed by atoms with van der Waals surface area (Å²) >= 11 is 1.40. The smallest absolute Gasteiger partial charge is 0.387 e. The van der Waals surface area contributed by atoms with Gasteiger partial charge >= 0.3 is 6.61 Å². The summed E-state index contributed by atoms with van der Waals surface area (Å²) in [4.78, 5) is 31.8. The van der Waals surface area contributed by atoms with Gasteiger partial charge in [-0.25, -0.2) is 0 Å². The summed E-state index contributed by atoms with van der Waals surface area (Å²) < 4.78 is 49.7. The van der Waals surface area contributed by atoms with E-state index in [2.05, 4.69) is 15.2 Å². The number of rotatable bonds is 9. The van der Waals surface area contributed by atoms with Crippen molar-refractivity contribution in [1.29, 1.82) is 0 Å². The summed E-state index contributed by atoms with van der Waals surface area (Å²) in [5.41, 5.74) is 1.39. The zero-order valence-corrected chi connectivity index (χ0v) is 24.8. The number of halogens is 2. The number of fused-ring (bicyclic) bond motifs is 1. The number of thioether (sulfide) groups is 1. The Labute approximate surface area is 242 Å². The highest BCUT2D eigenvalue weighted by Gasteiger charge is 2.49. The predicted octanol–water partition coefficient (Wildman–Crippen LogP) is 4.62. The summed E-state index contributed by atoms with van der Waals surface area (Å²) in [7, 11) is 1.74. The first-order chi connectivity index (χ1) is 19.5. The van der Waals surface area contributed by atoms with Gasteiger partial charge in [-0.15, -0.1) is 11.8 Å². The van der Waals surface area contributed by atoms with Crippen molar-refractivity contribution in [2.45, 2.75) is 82.4 Å². The van der Waals surface area contributed by atoms with E-state index in [1.165, 1.54) is 17.8 Å². The van der Waals surface area contributed by atoms with E-state index in [0.29, 0.717) is 29.0 Å². The number of benzene rings is 1. The fourth-order valence-corrected chi connectivity index (χ4v) is 6.83. The molecular weight excluding hydrogens is 556 g/mol. The highest BCUT2D eigenvalue weighted by molar-refractivity contribution is 7.98. The zero-order chi connectivity index (χ0) is 29.5. The van der Waals surface area contributed by atoms with Crippen LogP contribution in [0.1, 0.15) is 59.8 Å². The Morgan fingerprint density at radius 2 is 1.88 bits per heavy atom. The van der Waals surface area contributed by atoms with E-state index in [0.717, 1.165) is 43.7 Å².